The van der Waals surface area contributed by atoms with E-state index in [4.69, 9.17) is 4.74 Å². The van der Waals surface area contributed by atoms with Gasteiger partial charge in [-0.25, -0.2) is 0 Å². The Morgan fingerprint density at radius 1 is 1.21 bits per heavy atom. The second-order valence-electron chi connectivity index (χ2n) is 4.61. The van der Waals surface area contributed by atoms with Gasteiger partial charge in [0, 0.05) is 12.6 Å². The molecule has 2 nitrogen and oxygen atoms in total. The summed E-state index contributed by atoms with van der Waals surface area (Å²) in [6.07, 6.45) is -3.21. The Balaban J connectivity index is 2.23. The van der Waals surface area contributed by atoms with Crippen molar-refractivity contribution in [3.8, 4) is 5.75 Å². The molecule has 0 aromatic heterocycles. The first-order valence-electron chi connectivity index (χ1n) is 6.34. The third kappa shape index (κ3) is 7.06. The van der Waals surface area contributed by atoms with Gasteiger partial charge in [0.05, 0.1) is 13.5 Å². The highest BCUT2D eigenvalue weighted by Gasteiger charge is 2.26. The molecule has 0 aliphatic carbocycles. The summed E-state index contributed by atoms with van der Waals surface area (Å²) in [5, 5.41) is 2.89. The van der Waals surface area contributed by atoms with Crippen LogP contribution in [0.25, 0.3) is 0 Å². The molecule has 108 valence electrons. The molecular formula is C14H20F3NO. The zero-order valence-electron chi connectivity index (χ0n) is 11.3. The fourth-order valence-electron chi connectivity index (χ4n) is 1.74. The molecule has 0 aliphatic heterocycles. The van der Waals surface area contributed by atoms with Crippen LogP contribution in [-0.2, 0) is 6.42 Å². The number of hydrogen-bond acceptors (Lipinski definition) is 2. The molecular weight excluding hydrogens is 255 g/mol. The summed E-state index contributed by atoms with van der Waals surface area (Å²) in [4.78, 5) is 0. The lowest BCUT2D eigenvalue weighted by Crippen LogP contribution is -2.30. The first-order chi connectivity index (χ1) is 8.90. The molecule has 1 rings (SSSR count). The maximum Gasteiger partial charge on any atom is 0.390 e. The number of hydrogen-bond donors (Lipinski definition) is 1. The highest BCUT2D eigenvalue weighted by molar-refractivity contribution is 5.27. The molecule has 0 fully saturated rings. The molecule has 1 aromatic carbocycles. The molecule has 0 saturated heterocycles. The van der Waals surface area contributed by atoms with Crippen molar-refractivity contribution >= 4 is 0 Å². The predicted octanol–water partition coefficient (Wildman–Crippen LogP) is 3.56. The monoisotopic (exact) mass is 275 g/mol. The van der Waals surface area contributed by atoms with E-state index in [9.17, 15) is 13.2 Å². The lowest BCUT2D eigenvalue weighted by atomic mass is 10.1. The number of nitrogens with one attached hydrogen (secondary N) is 1. The highest BCUT2D eigenvalue weighted by atomic mass is 19.4. The van der Waals surface area contributed by atoms with Crippen LogP contribution in [0.3, 0.4) is 0 Å². The van der Waals surface area contributed by atoms with Crippen molar-refractivity contribution in [2.24, 2.45) is 0 Å². The summed E-state index contributed by atoms with van der Waals surface area (Å²) in [5.74, 6) is 0.806. The van der Waals surface area contributed by atoms with Gasteiger partial charge in [-0.05, 0) is 37.5 Å². The third-order valence-corrected chi connectivity index (χ3v) is 2.93. The summed E-state index contributed by atoms with van der Waals surface area (Å²) in [6, 6.07) is 7.79. The quantitative estimate of drug-likeness (QED) is 0.821. The SMILES string of the molecule is COc1ccc(CCC(C)NCCC(F)(F)F)cc1. The molecule has 19 heavy (non-hydrogen) atoms. The Hall–Kier alpha value is -1.23. The van der Waals surface area contributed by atoms with E-state index in [2.05, 4.69) is 5.32 Å². The molecule has 0 bridgehead atoms. The first kappa shape index (κ1) is 15.8. The number of benzene rings is 1. The van der Waals surface area contributed by atoms with Crippen LogP contribution in [0.5, 0.6) is 5.75 Å². The van der Waals surface area contributed by atoms with Crippen molar-refractivity contribution < 1.29 is 17.9 Å². The minimum absolute atomic E-state index is 0.0206. The first-order valence-corrected chi connectivity index (χ1v) is 6.34. The van der Waals surface area contributed by atoms with Crippen molar-refractivity contribution in [3.05, 3.63) is 29.8 Å². The molecule has 0 saturated carbocycles. The van der Waals surface area contributed by atoms with Crippen molar-refractivity contribution in [1.82, 2.24) is 5.32 Å². The molecule has 1 N–H and O–H groups in total. The molecule has 5 heteroatoms. The van der Waals surface area contributed by atoms with Crippen LogP contribution in [0.4, 0.5) is 13.2 Å². The van der Waals surface area contributed by atoms with Gasteiger partial charge in [0.15, 0.2) is 0 Å². The Morgan fingerprint density at radius 3 is 2.37 bits per heavy atom. The van der Waals surface area contributed by atoms with Gasteiger partial charge in [-0.1, -0.05) is 12.1 Å². The molecule has 0 aliphatic rings. The van der Waals surface area contributed by atoms with Gasteiger partial charge in [0.1, 0.15) is 5.75 Å². The van der Waals surface area contributed by atoms with Gasteiger partial charge in [0.25, 0.3) is 0 Å². The topological polar surface area (TPSA) is 21.3 Å². The second kappa shape index (κ2) is 7.38. The molecule has 1 aromatic rings. The Morgan fingerprint density at radius 2 is 1.84 bits per heavy atom. The number of methoxy groups -OCH3 is 1. The zero-order chi connectivity index (χ0) is 14.3. The van der Waals surface area contributed by atoms with E-state index in [1.54, 1.807) is 7.11 Å². The van der Waals surface area contributed by atoms with E-state index in [-0.39, 0.29) is 12.6 Å². The van der Waals surface area contributed by atoms with Crippen molar-refractivity contribution in [3.63, 3.8) is 0 Å². The molecule has 1 atom stereocenters. The molecule has 0 amide bonds. The predicted molar refractivity (Wildman–Crippen MR) is 69.5 cm³/mol. The Kier molecular flexibility index (Phi) is 6.15. The molecule has 0 heterocycles. The lowest BCUT2D eigenvalue weighted by molar-refractivity contribution is -0.133. The average molecular weight is 275 g/mol. The van der Waals surface area contributed by atoms with Gasteiger partial charge in [-0.3, -0.25) is 0 Å². The van der Waals surface area contributed by atoms with Crippen molar-refractivity contribution in [2.75, 3.05) is 13.7 Å². The van der Waals surface area contributed by atoms with Crippen molar-refractivity contribution in [2.45, 2.75) is 38.4 Å². The minimum atomic E-state index is -4.08. The smallest absolute Gasteiger partial charge is 0.390 e. The number of ether oxygens (including phenoxy) is 1. The number of aryl methyl sites for hydroxylation is 1. The van der Waals surface area contributed by atoms with Crippen LogP contribution < -0.4 is 10.1 Å². The number of alkyl halides is 3. The van der Waals surface area contributed by atoms with Crippen molar-refractivity contribution in [1.29, 1.82) is 0 Å². The molecule has 0 spiro atoms. The van der Waals surface area contributed by atoms with Crippen LogP contribution in [-0.4, -0.2) is 25.9 Å². The number of rotatable bonds is 7. The van der Waals surface area contributed by atoms with Gasteiger partial charge >= 0.3 is 6.18 Å². The molecule has 1 unspecified atom stereocenters. The van der Waals surface area contributed by atoms with Gasteiger partial charge in [0.2, 0.25) is 0 Å². The van der Waals surface area contributed by atoms with E-state index in [0.29, 0.717) is 0 Å². The van der Waals surface area contributed by atoms with E-state index in [0.717, 1.165) is 24.2 Å². The zero-order valence-corrected chi connectivity index (χ0v) is 11.3. The number of halogens is 3. The average Bonchev–Trinajstić information content (AvgIpc) is 2.35. The van der Waals surface area contributed by atoms with E-state index in [1.165, 1.54) is 0 Å². The van der Waals surface area contributed by atoms with Crippen LogP contribution in [0.2, 0.25) is 0 Å². The Labute approximate surface area is 112 Å². The van der Waals surface area contributed by atoms with E-state index < -0.39 is 12.6 Å². The maximum atomic E-state index is 12.0. The maximum absolute atomic E-state index is 12.0. The summed E-state index contributed by atoms with van der Waals surface area (Å²) in [6.45, 7) is 1.88. The van der Waals surface area contributed by atoms with Gasteiger partial charge in [-0.15, -0.1) is 0 Å². The fraction of sp³-hybridized carbons (Fsp3) is 0.571. The van der Waals surface area contributed by atoms with Crippen LogP contribution >= 0.6 is 0 Å². The summed E-state index contributed by atoms with van der Waals surface area (Å²) in [5.41, 5.74) is 1.16. The van der Waals surface area contributed by atoms with E-state index >= 15 is 0 Å². The third-order valence-electron chi connectivity index (χ3n) is 2.93. The summed E-state index contributed by atoms with van der Waals surface area (Å²) in [7, 11) is 1.61. The van der Waals surface area contributed by atoms with Crippen LogP contribution in [0.15, 0.2) is 24.3 Å². The fourth-order valence-corrected chi connectivity index (χ4v) is 1.74. The van der Waals surface area contributed by atoms with Crippen LogP contribution in [0, 0.1) is 0 Å². The molecule has 0 radical (unpaired) electrons. The normalized spacial score (nSPS) is 13.3. The Bertz CT molecular complexity index is 362. The van der Waals surface area contributed by atoms with Gasteiger partial charge in [-0.2, -0.15) is 13.2 Å². The standard InChI is InChI=1S/C14H20F3NO/c1-11(18-10-9-14(15,16)17)3-4-12-5-7-13(19-2)8-6-12/h5-8,11,18H,3-4,9-10H2,1-2H3. The largest absolute Gasteiger partial charge is 0.497 e. The summed E-state index contributed by atoms with van der Waals surface area (Å²) >= 11 is 0. The van der Waals surface area contributed by atoms with Crippen LogP contribution in [0.1, 0.15) is 25.3 Å². The van der Waals surface area contributed by atoms with Gasteiger partial charge < -0.3 is 10.1 Å². The minimum Gasteiger partial charge on any atom is -0.497 e. The highest BCUT2D eigenvalue weighted by Crippen LogP contribution is 2.18. The second-order valence-corrected chi connectivity index (χ2v) is 4.61. The lowest BCUT2D eigenvalue weighted by Gasteiger charge is -2.14. The van der Waals surface area contributed by atoms with E-state index in [1.807, 2.05) is 31.2 Å². The summed E-state index contributed by atoms with van der Waals surface area (Å²) < 4.78 is 41.0.